The summed E-state index contributed by atoms with van der Waals surface area (Å²) in [5, 5.41) is 23.4. The first-order chi connectivity index (χ1) is 7.87. The third-order valence-electron chi connectivity index (χ3n) is 3.18. The number of hydrogen-bond donors (Lipinski definition) is 3. The SMILES string of the molecule is CC(C)(C)N[C@H]1Cc2c(O)cccc2C[C@@H]1O. The van der Waals surface area contributed by atoms with Crippen molar-refractivity contribution in [2.45, 2.75) is 51.3 Å². The van der Waals surface area contributed by atoms with Crippen LogP contribution in [-0.4, -0.2) is 27.9 Å². The van der Waals surface area contributed by atoms with Crippen molar-refractivity contribution < 1.29 is 10.2 Å². The lowest BCUT2D eigenvalue weighted by Crippen LogP contribution is -2.52. The van der Waals surface area contributed by atoms with E-state index in [0.717, 1.165) is 11.1 Å². The van der Waals surface area contributed by atoms with Crippen molar-refractivity contribution in [1.29, 1.82) is 0 Å². The van der Waals surface area contributed by atoms with Gasteiger partial charge in [-0.15, -0.1) is 0 Å². The van der Waals surface area contributed by atoms with Crippen LogP contribution < -0.4 is 5.32 Å². The largest absolute Gasteiger partial charge is 0.508 e. The molecule has 0 aliphatic heterocycles. The molecule has 0 saturated carbocycles. The fourth-order valence-electron chi connectivity index (χ4n) is 2.47. The van der Waals surface area contributed by atoms with Crippen molar-refractivity contribution in [2.24, 2.45) is 0 Å². The van der Waals surface area contributed by atoms with Gasteiger partial charge in [-0.25, -0.2) is 0 Å². The minimum Gasteiger partial charge on any atom is -0.508 e. The van der Waals surface area contributed by atoms with Gasteiger partial charge in [-0.1, -0.05) is 12.1 Å². The Morgan fingerprint density at radius 2 is 1.94 bits per heavy atom. The average Bonchev–Trinajstić information content (AvgIpc) is 2.18. The number of phenolic OH excluding ortho intramolecular Hbond substituents is 1. The first kappa shape index (κ1) is 12.4. The number of aliphatic hydroxyl groups excluding tert-OH is 1. The van der Waals surface area contributed by atoms with Crippen molar-refractivity contribution in [2.75, 3.05) is 0 Å². The first-order valence-corrected chi connectivity index (χ1v) is 6.12. The molecule has 94 valence electrons. The lowest BCUT2D eigenvalue weighted by atomic mass is 9.84. The Kier molecular flexibility index (Phi) is 3.15. The van der Waals surface area contributed by atoms with Crippen LogP contribution in [0.5, 0.6) is 5.75 Å². The molecule has 1 aromatic rings. The van der Waals surface area contributed by atoms with Crippen LogP contribution in [0.3, 0.4) is 0 Å². The van der Waals surface area contributed by atoms with Gasteiger partial charge in [0.15, 0.2) is 0 Å². The third-order valence-corrected chi connectivity index (χ3v) is 3.18. The Morgan fingerprint density at radius 1 is 1.24 bits per heavy atom. The molecule has 0 heterocycles. The topological polar surface area (TPSA) is 52.5 Å². The van der Waals surface area contributed by atoms with Gasteiger partial charge in [0.25, 0.3) is 0 Å². The Bertz CT molecular complexity index is 409. The summed E-state index contributed by atoms with van der Waals surface area (Å²) in [5.74, 6) is 0.343. The second-order valence-electron chi connectivity index (χ2n) is 5.89. The molecular formula is C14H21NO2. The number of nitrogens with one attached hydrogen (secondary N) is 1. The molecule has 0 saturated heterocycles. The monoisotopic (exact) mass is 235 g/mol. The van der Waals surface area contributed by atoms with Crippen LogP contribution >= 0.6 is 0 Å². The molecule has 3 heteroatoms. The molecule has 1 aliphatic carbocycles. The number of aromatic hydroxyl groups is 1. The van der Waals surface area contributed by atoms with Gasteiger partial charge in [0.05, 0.1) is 6.10 Å². The zero-order valence-electron chi connectivity index (χ0n) is 10.7. The highest BCUT2D eigenvalue weighted by Gasteiger charge is 2.30. The van der Waals surface area contributed by atoms with Gasteiger partial charge in [-0.05, 0) is 44.4 Å². The van der Waals surface area contributed by atoms with Gasteiger partial charge in [0.2, 0.25) is 0 Å². The lowest BCUT2D eigenvalue weighted by molar-refractivity contribution is 0.104. The maximum Gasteiger partial charge on any atom is 0.119 e. The summed E-state index contributed by atoms with van der Waals surface area (Å²) in [7, 11) is 0. The second-order valence-corrected chi connectivity index (χ2v) is 5.89. The highest BCUT2D eigenvalue weighted by atomic mass is 16.3. The minimum atomic E-state index is -0.386. The number of rotatable bonds is 1. The predicted molar refractivity (Wildman–Crippen MR) is 68.2 cm³/mol. The van der Waals surface area contributed by atoms with E-state index in [1.165, 1.54) is 0 Å². The summed E-state index contributed by atoms with van der Waals surface area (Å²) in [6.45, 7) is 6.25. The number of fused-ring (bicyclic) bond motifs is 1. The summed E-state index contributed by atoms with van der Waals surface area (Å²) in [4.78, 5) is 0. The Hall–Kier alpha value is -1.06. The van der Waals surface area contributed by atoms with Crippen LogP contribution in [-0.2, 0) is 12.8 Å². The van der Waals surface area contributed by atoms with Gasteiger partial charge < -0.3 is 15.5 Å². The van der Waals surface area contributed by atoms with Crippen LogP contribution in [0.4, 0.5) is 0 Å². The fraction of sp³-hybridized carbons (Fsp3) is 0.571. The maximum absolute atomic E-state index is 10.1. The van der Waals surface area contributed by atoms with Crippen molar-refractivity contribution in [3.8, 4) is 5.75 Å². The highest BCUT2D eigenvalue weighted by Crippen LogP contribution is 2.29. The van der Waals surface area contributed by atoms with Crippen LogP contribution in [0, 0.1) is 0 Å². The van der Waals surface area contributed by atoms with Gasteiger partial charge in [-0.2, -0.15) is 0 Å². The molecule has 3 nitrogen and oxygen atoms in total. The highest BCUT2D eigenvalue weighted by molar-refractivity contribution is 5.42. The van der Waals surface area contributed by atoms with Gasteiger partial charge >= 0.3 is 0 Å². The van der Waals surface area contributed by atoms with E-state index in [2.05, 4.69) is 26.1 Å². The van der Waals surface area contributed by atoms with Crippen molar-refractivity contribution in [3.63, 3.8) is 0 Å². The van der Waals surface area contributed by atoms with E-state index in [-0.39, 0.29) is 17.7 Å². The Labute approximate surface area is 102 Å². The molecular weight excluding hydrogens is 214 g/mol. The van der Waals surface area contributed by atoms with Gasteiger partial charge in [0, 0.05) is 18.0 Å². The summed E-state index contributed by atoms with van der Waals surface area (Å²) >= 11 is 0. The van der Waals surface area contributed by atoms with Gasteiger partial charge in [-0.3, -0.25) is 0 Å². The predicted octanol–water partition coefficient (Wildman–Crippen LogP) is 1.61. The summed E-state index contributed by atoms with van der Waals surface area (Å²) in [6.07, 6.45) is 0.904. The molecule has 17 heavy (non-hydrogen) atoms. The third kappa shape index (κ3) is 2.79. The zero-order valence-corrected chi connectivity index (χ0v) is 10.7. The van der Waals surface area contributed by atoms with E-state index < -0.39 is 0 Å². The molecule has 0 aromatic heterocycles. The number of aliphatic hydroxyl groups is 1. The standard InChI is InChI=1S/C14H21NO2/c1-14(2,3)15-11-8-10-9(7-13(11)17)5-4-6-12(10)16/h4-6,11,13,15-17H,7-8H2,1-3H3/t11-,13-/m0/s1. The normalized spacial score (nSPS) is 24.5. The van der Waals surface area contributed by atoms with E-state index in [9.17, 15) is 10.2 Å². The van der Waals surface area contributed by atoms with Crippen LogP contribution in [0.25, 0.3) is 0 Å². The number of phenols is 1. The van der Waals surface area contributed by atoms with Crippen molar-refractivity contribution in [1.82, 2.24) is 5.32 Å². The van der Waals surface area contributed by atoms with E-state index >= 15 is 0 Å². The van der Waals surface area contributed by atoms with E-state index in [0.29, 0.717) is 18.6 Å². The first-order valence-electron chi connectivity index (χ1n) is 6.12. The minimum absolute atomic E-state index is 0.0100. The summed E-state index contributed by atoms with van der Waals surface area (Å²) in [6, 6.07) is 5.53. The molecule has 0 bridgehead atoms. The molecule has 0 unspecified atom stereocenters. The molecule has 0 amide bonds. The molecule has 0 fully saturated rings. The Morgan fingerprint density at radius 3 is 2.59 bits per heavy atom. The number of benzene rings is 1. The van der Waals surface area contributed by atoms with E-state index in [1.54, 1.807) is 6.07 Å². The maximum atomic E-state index is 10.1. The van der Waals surface area contributed by atoms with Crippen LogP contribution in [0.2, 0.25) is 0 Å². The number of hydrogen-bond acceptors (Lipinski definition) is 3. The smallest absolute Gasteiger partial charge is 0.119 e. The fourth-order valence-corrected chi connectivity index (χ4v) is 2.47. The van der Waals surface area contributed by atoms with Crippen LogP contribution in [0.15, 0.2) is 18.2 Å². The lowest BCUT2D eigenvalue weighted by Gasteiger charge is -2.35. The molecule has 2 rings (SSSR count). The average molecular weight is 235 g/mol. The van der Waals surface area contributed by atoms with Crippen LogP contribution in [0.1, 0.15) is 31.9 Å². The second kappa shape index (κ2) is 4.31. The van der Waals surface area contributed by atoms with E-state index in [4.69, 9.17) is 0 Å². The Balaban J connectivity index is 2.23. The molecule has 0 radical (unpaired) electrons. The van der Waals surface area contributed by atoms with Crippen molar-refractivity contribution >= 4 is 0 Å². The summed E-state index contributed by atoms with van der Waals surface area (Å²) in [5.41, 5.74) is 2.00. The zero-order chi connectivity index (χ0) is 12.6. The molecule has 0 spiro atoms. The molecule has 1 aliphatic rings. The molecule has 1 aromatic carbocycles. The van der Waals surface area contributed by atoms with E-state index in [1.807, 2.05) is 12.1 Å². The molecule has 3 N–H and O–H groups in total. The molecule has 2 atom stereocenters. The van der Waals surface area contributed by atoms with Crippen molar-refractivity contribution in [3.05, 3.63) is 29.3 Å². The van der Waals surface area contributed by atoms with Gasteiger partial charge in [0.1, 0.15) is 5.75 Å². The summed E-state index contributed by atoms with van der Waals surface area (Å²) < 4.78 is 0. The quantitative estimate of drug-likeness (QED) is 0.693.